The van der Waals surface area contributed by atoms with Gasteiger partial charge in [-0.15, -0.1) is 0 Å². The Bertz CT molecular complexity index is 622. The third-order valence-corrected chi connectivity index (χ3v) is 5.25. The van der Waals surface area contributed by atoms with Gasteiger partial charge in [0.15, 0.2) is 9.84 Å². The summed E-state index contributed by atoms with van der Waals surface area (Å²) < 4.78 is 23.1. The third kappa shape index (κ3) is 4.81. The van der Waals surface area contributed by atoms with E-state index >= 15 is 0 Å². The van der Waals surface area contributed by atoms with Gasteiger partial charge in [-0.05, 0) is 38.1 Å². The SMILES string of the molecule is CN(CC(=O)Nc1cccc(S(C)(=O)=O)c1)C1CCCCC1. The van der Waals surface area contributed by atoms with Crippen LogP contribution in [0.3, 0.4) is 0 Å². The summed E-state index contributed by atoms with van der Waals surface area (Å²) in [6, 6.07) is 6.83. The molecule has 0 saturated heterocycles. The average molecular weight is 324 g/mol. The molecule has 1 aliphatic carbocycles. The lowest BCUT2D eigenvalue weighted by atomic mass is 9.94. The molecule has 1 saturated carbocycles. The maximum Gasteiger partial charge on any atom is 0.238 e. The number of amides is 1. The number of sulfone groups is 1. The van der Waals surface area contributed by atoms with Crippen LogP contribution < -0.4 is 5.32 Å². The smallest absolute Gasteiger partial charge is 0.238 e. The molecular weight excluding hydrogens is 300 g/mol. The first-order valence-corrected chi connectivity index (χ1v) is 9.55. The minimum absolute atomic E-state index is 0.112. The Morgan fingerprint density at radius 3 is 2.59 bits per heavy atom. The van der Waals surface area contributed by atoms with E-state index in [2.05, 4.69) is 10.2 Å². The highest BCUT2D eigenvalue weighted by Crippen LogP contribution is 2.21. The fraction of sp³-hybridized carbons (Fsp3) is 0.562. The topological polar surface area (TPSA) is 66.5 Å². The second kappa shape index (κ2) is 7.24. The lowest BCUT2D eigenvalue weighted by Crippen LogP contribution is -2.39. The fourth-order valence-electron chi connectivity index (χ4n) is 2.88. The summed E-state index contributed by atoms with van der Waals surface area (Å²) in [5, 5.41) is 2.78. The molecule has 1 aliphatic rings. The van der Waals surface area contributed by atoms with Crippen LogP contribution in [0.4, 0.5) is 5.69 Å². The molecule has 0 spiro atoms. The summed E-state index contributed by atoms with van der Waals surface area (Å²) >= 11 is 0. The lowest BCUT2D eigenvalue weighted by Gasteiger charge is -2.30. The van der Waals surface area contributed by atoms with Crippen molar-refractivity contribution in [2.24, 2.45) is 0 Å². The monoisotopic (exact) mass is 324 g/mol. The molecule has 0 aromatic heterocycles. The van der Waals surface area contributed by atoms with Crippen LogP contribution in [0.15, 0.2) is 29.2 Å². The second-order valence-corrected chi connectivity index (χ2v) is 8.07. The van der Waals surface area contributed by atoms with Crippen LogP contribution in [0, 0.1) is 0 Å². The summed E-state index contributed by atoms with van der Waals surface area (Å²) in [4.78, 5) is 14.4. The van der Waals surface area contributed by atoms with E-state index in [1.165, 1.54) is 31.4 Å². The predicted octanol–water partition coefficient (Wildman–Crippen LogP) is 2.29. The molecule has 1 aromatic carbocycles. The standard InChI is InChI=1S/C16H24N2O3S/c1-18(14-8-4-3-5-9-14)12-16(19)17-13-7-6-10-15(11-13)22(2,20)21/h6-7,10-11,14H,3-5,8-9,12H2,1-2H3,(H,17,19). The van der Waals surface area contributed by atoms with Gasteiger partial charge in [-0.25, -0.2) is 8.42 Å². The van der Waals surface area contributed by atoms with Gasteiger partial charge in [0.2, 0.25) is 5.91 Å². The molecule has 0 heterocycles. The van der Waals surface area contributed by atoms with Gasteiger partial charge in [-0.3, -0.25) is 9.69 Å². The van der Waals surface area contributed by atoms with Crippen molar-refractivity contribution < 1.29 is 13.2 Å². The van der Waals surface area contributed by atoms with Gasteiger partial charge < -0.3 is 5.32 Å². The Morgan fingerprint density at radius 2 is 1.95 bits per heavy atom. The maximum atomic E-state index is 12.1. The van der Waals surface area contributed by atoms with Crippen molar-refractivity contribution >= 4 is 21.4 Å². The van der Waals surface area contributed by atoms with E-state index in [-0.39, 0.29) is 10.8 Å². The lowest BCUT2D eigenvalue weighted by molar-refractivity contribution is -0.117. The number of hydrogen-bond donors (Lipinski definition) is 1. The number of hydrogen-bond acceptors (Lipinski definition) is 4. The number of rotatable bonds is 5. The van der Waals surface area contributed by atoms with E-state index in [0.29, 0.717) is 18.3 Å². The minimum atomic E-state index is -3.26. The number of carbonyl (C=O) groups is 1. The number of anilines is 1. The Hall–Kier alpha value is -1.40. The van der Waals surface area contributed by atoms with E-state index in [1.54, 1.807) is 12.1 Å². The molecule has 1 aromatic rings. The first kappa shape index (κ1) is 17.0. The van der Waals surface area contributed by atoms with Crippen LogP contribution in [0.5, 0.6) is 0 Å². The molecule has 122 valence electrons. The van der Waals surface area contributed by atoms with Crippen molar-refractivity contribution in [2.45, 2.75) is 43.0 Å². The Balaban J connectivity index is 1.94. The molecule has 1 N–H and O–H groups in total. The van der Waals surface area contributed by atoms with E-state index in [0.717, 1.165) is 19.1 Å². The van der Waals surface area contributed by atoms with Gasteiger partial charge in [0.05, 0.1) is 11.4 Å². The summed E-state index contributed by atoms with van der Waals surface area (Å²) in [6.45, 7) is 0.327. The van der Waals surface area contributed by atoms with Gasteiger partial charge in [-0.2, -0.15) is 0 Å². The molecule has 6 heteroatoms. The first-order valence-electron chi connectivity index (χ1n) is 7.66. The molecule has 0 unspecified atom stereocenters. The summed E-state index contributed by atoms with van der Waals surface area (Å²) in [5.41, 5.74) is 0.518. The normalized spacial score (nSPS) is 16.7. The second-order valence-electron chi connectivity index (χ2n) is 6.06. The maximum absolute atomic E-state index is 12.1. The largest absolute Gasteiger partial charge is 0.325 e. The van der Waals surface area contributed by atoms with Crippen LogP contribution in [-0.2, 0) is 14.6 Å². The average Bonchev–Trinajstić information content (AvgIpc) is 2.47. The van der Waals surface area contributed by atoms with Crippen LogP contribution in [0.25, 0.3) is 0 Å². The van der Waals surface area contributed by atoms with Crippen molar-refractivity contribution in [3.63, 3.8) is 0 Å². The number of nitrogens with one attached hydrogen (secondary N) is 1. The Morgan fingerprint density at radius 1 is 1.27 bits per heavy atom. The summed E-state index contributed by atoms with van der Waals surface area (Å²) in [7, 11) is -1.29. The molecular formula is C16H24N2O3S. The number of benzene rings is 1. The van der Waals surface area contributed by atoms with E-state index in [4.69, 9.17) is 0 Å². The minimum Gasteiger partial charge on any atom is -0.325 e. The van der Waals surface area contributed by atoms with Gasteiger partial charge >= 0.3 is 0 Å². The molecule has 1 fully saturated rings. The van der Waals surface area contributed by atoms with Crippen LogP contribution in [0.1, 0.15) is 32.1 Å². The van der Waals surface area contributed by atoms with Crippen molar-refractivity contribution in [3.8, 4) is 0 Å². The zero-order valence-corrected chi connectivity index (χ0v) is 14.0. The first-order chi connectivity index (χ1) is 10.4. The van der Waals surface area contributed by atoms with Crippen LogP contribution in [0.2, 0.25) is 0 Å². The summed E-state index contributed by atoms with van der Waals surface area (Å²) in [5.74, 6) is -0.112. The zero-order valence-electron chi connectivity index (χ0n) is 13.2. The van der Waals surface area contributed by atoms with Crippen LogP contribution in [-0.4, -0.2) is 45.1 Å². The van der Waals surface area contributed by atoms with Gasteiger partial charge in [0.1, 0.15) is 0 Å². The number of carbonyl (C=O) groups excluding carboxylic acids is 1. The molecule has 0 bridgehead atoms. The highest BCUT2D eigenvalue weighted by Gasteiger charge is 2.20. The van der Waals surface area contributed by atoms with Crippen molar-refractivity contribution in [1.82, 2.24) is 4.90 Å². The van der Waals surface area contributed by atoms with Gasteiger partial charge in [0, 0.05) is 18.0 Å². The molecule has 0 atom stereocenters. The highest BCUT2D eigenvalue weighted by molar-refractivity contribution is 7.90. The Kier molecular flexibility index (Phi) is 5.58. The van der Waals surface area contributed by atoms with Gasteiger partial charge in [0.25, 0.3) is 0 Å². The fourth-order valence-corrected chi connectivity index (χ4v) is 3.55. The number of nitrogens with zero attached hydrogens (tertiary/aromatic N) is 1. The van der Waals surface area contributed by atoms with E-state index in [9.17, 15) is 13.2 Å². The molecule has 22 heavy (non-hydrogen) atoms. The van der Waals surface area contributed by atoms with E-state index < -0.39 is 9.84 Å². The predicted molar refractivity (Wildman–Crippen MR) is 87.7 cm³/mol. The molecule has 5 nitrogen and oxygen atoms in total. The van der Waals surface area contributed by atoms with E-state index in [1.807, 2.05) is 7.05 Å². The molecule has 2 rings (SSSR count). The molecule has 0 aliphatic heterocycles. The summed E-state index contributed by atoms with van der Waals surface area (Å²) in [6.07, 6.45) is 7.19. The third-order valence-electron chi connectivity index (χ3n) is 4.14. The highest BCUT2D eigenvalue weighted by atomic mass is 32.2. The number of likely N-dealkylation sites (N-methyl/N-ethyl adjacent to an activating group) is 1. The zero-order chi connectivity index (χ0) is 16.2. The Labute approximate surface area is 132 Å². The quantitative estimate of drug-likeness (QED) is 0.902. The van der Waals surface area contributed by atoms with Crippen molar-refractivity contribution in [3.05, 3.63) is 24.3 Å². The van der Waals surface area contributed by atoms with Crippen molar-refractivity contribution in [2.75, 3.05) is 25.2 Å². The molecule has 0 radical (unpaired) electrons. The van der Waals surface area contributed by atoms with Crippen LogP contribution >= 0.6 is 0 Å². The molecule has 1 amide bonds. The van der Waals surface area contributed by atoms with Crippen molar-refractivity contribution in [1.29, 1.82) is 0 Å². The van der Waals surface area contributed by atoms with Gasteiger partial charge in [-0.1, -0.05) is 25.3 Å².